The molecule has 0 saturated heterocycles. The predicted octanol–water partition coefficient (Wildman–Crippen LogP) is 6.00. The van der Waals surface area contributed by atoms with Crippen LogP contribution in [-0.2, 0) is 0 Å². The van der Waals surface area contributed by atoms with Gasteiger partial charge in [0, 0.05) is 34.5 Å². The number of anilines is 1. The molecule has 0 aliphatic carbocycles. The van der Waals surface area contributed by atoms with E-state index in [0.717, 1.165) is 22.8 Å². The van der Waals surface area contributed by atoms with Crippen LogP contribution in [0.25, 0.3) is 16.9 Å². The molecule has 142 valence electrons. The second-order valence-corrected chi connectivity index (χ2v) is 6.81. The highest BCUT2D eigenvalue weighted by Crippen LogP contribution is 2.24. The molecule has 0 radical (unpaired) electrons. The summed E-state index contributed by atoms with van der Waals surface area (Å²) in [4.78, 5) is 12.3. The molecule has 3 aromatic carbocycles. The van der Waals surface area contributed by atoms with Crippen LogP contribution in [0.15, 0.2) is 103 Å². The van der Waals surface area contributed by atoms with Crippen molar-refractivity contribution in [3.8, 4) is 16.9 Å². The first-order valence-electron chi connectivity index (χ1n) is 9.14. The van der Waals surface area contributed by atoms with E-state index in [1.807, 2.05) is 71.4 Å². The summed E-state index contributed by atoms with van der Waals surface area (Å²) in [5, 5.41) is 8.52. The summed E-state index contributed by atoms with van der Waals surface area (Å²) in [5.41, 5.74) is 3.37. The summed E-state index contributed by atoms with van der Waals surface area (Å²) >= 11 is 5.88. The quantitative estimate of drug-likeness (QED) is 0.319. The zero-order chi connectivity index (χ0) is 20.1. The summed E-state index contributed by atoms with van der Waals surface area (Å²) in [5.74, 6) is 0.651. The maximum atomic E-state index is 12.3. The summed E-state index contributed by atoms with van der Waals surface area (Å²) in [6.45, 7) is 0. The van der Waals surface area contributed by atoms with Gasteiger partial charge in [-0.15, -0.1) is 0 Å². The maximum Gasteiger partial charge on any atom is 0.187 e. The van der Waals surface area contributed by atoms with E-state index >= 15 is 0 Å². The van der Waals surface area contributed by atoms with Crippen molar-refractivity contribution in [2.45, 2.75) is 0 Å². The lowest BCUT2D eigenvalue weighted by molar-refractivity contribution is 0.104. The van der Waals surface area contributed by atoms with E-state index in [1.54, 1.807) is 30.5 Å². The summed E-state index contributed by atoms with van der Waals surface area (Å²) in [6, 6.07) is 28.6. The van der Waals surface area contributed by atoms with E-state index in [-0.39, 0.29) is 5.78 Å². The summed E-state index contributed by atoms with van der Waals surface area (Å²) < 4.78 is 1.82. The molecule has 0 aliphatic rings. The first-order valence-corrected chi connectivity index (χ1v) is 9.52. The van der Waals surface area contributed by atoms with Crippen LogP contribution in [0, 0.1) is 0 Å². The molecule has 0 spiro atoms. The fourth-order valence-corrected chi connectivity index (χ4v) is 3.04. The smallest absolute Gasteiger partial charge is 0.187 e. The normalized spacial score (nSPS) is 10.9. The molecule has 0 aliphatic heterocycles. The van der Waals surface area contributed by atoms with Crippen LogP contribution in [0.2, 0.25) is 5.02 Å². The number of allylic oxidation sites excluding steroid dienone is 1. The topological polar surface area (TPSA) is 46.9 Å². The van der Waals surface area contributed by atoms with Gasteiger partial charge in [-0.3, -0.25) is 4.79 Å². The fraction of sp³-hybridized carbons (Fsp3) is 0. The zero-order valence-corrected chi connectivity index (χ0v) is 16.3. The van der Waals surface area contributed by atoms with E-state index < -0.39 is 0 Å². The first-order chi connectivity index (χ1) is 14.2. The monoisotopic (exact) mass is 399 g/mol. The number of rotatable bonds is 6. The molecule has 29 heavy (non-hydrogen) atoms. The van der Waals surface area contributed by atoms with Crippen molar-refractivity contribution in [1.29, 1.82) is 0 Å². The molecule has 0 fully saturated rings. The third-order valence-corrected chi connectivity index (χ3v) is 4.63. The number of ketones is 1. The van der Waals surface area contributed by atoms with Gasteiger partial charge in [-0.1, -0.05) is 60.1 Å². The highest BCUT2D eigenvalue weighted by Gasteiger charge is 2.10. The van der Waals surface area contributed by atoms with Crippen LogP contribution in [0.4, 0.5) is 5.82 Å². The van der Waals surface area contributed by atoms with Crippen molar-refractivity contribution >= 4 is 23.2 Å². The number of hydrogen-bond donors (Lipinski definition) is 1. The molecule has 1 N–H and O–H groups in total. The highest BCUT2D eigenvalue weighted by atomic mass is 35.5. The minimum absolute atomic E-state index is 0.108. The van der Waals surface area contributed by atoms with E-state index in [1.165, 1.54) is 6.08 Å². The lowest BCUT2D eigenvalue weighted by Crippen LogP contribution is -2.02. The molecule has 4 aromatic rings. The number of hydrogen-bond acceptors (Lipinski definition) is 3. The number of carbonyl (C=O) groups is 1. The molecule has 4 nitrogen and oxygen atoms in total. The third kappa shape index (κ3) is 4.45. The first kappa shape index (κ1) is 18.7. The van der Waals surface area contributed by atoms with Crippen LogP contribution >= 0.6 is 11.6 Å². The zero-order valence-electron chi connectivity index (χ0n) is 15.5. The summed E-state index contributed by atoms with van der Waals surface area (Å²) in [7, 11) is 0. The van der Waals surface area contributed by atoms with Gasteiger partial charge in [-0.25, -0.2) is 4.68 Å². The van der Waals surface area contributed by atoms with Gasteiger partial charge in [0.15, 0.2) is 5.78 Å². The molecule has 0 amide bonds. The molecular formula is C24H18ClN3O. The molecule has 0 bridgehead atoms. The van der Waals surface area contributed by atoms with Gasteiger partial charge in [-0.2, -0.15) is 5.10 Å². The fourth-order valence-electron chi connectivity index (χ4n) is 2.91. The van der Waals surface area contributed by atoms with Crippen molar-refractivity contribution < 1.29 is 4.79 Å². The average Bonchev–Trinajstić information content (AvgIpc) is 3.19. The van der Waals surface area contributed by atoms with E-state index in [9.17, 15) is 4.79 Å². The van der Waals surface area contributed by atoms with E-state index in [4.69, 9.17) is 16.7 Å². The molecule has 0 atom stereocenters. The third-order valence-electron chi connectivity index (χ3n) is 4.37. The van der Waals surface area contributed by atoms with Crippen LogP contribution in [0.5, 0.6) is 0 Å². The predicted molar refractivity (Wildman–Crippen MR) is 118 cm³/mol. The van der Waals surface area contributed by atoms with Gasteiger partial charge in [0.25, 0.3) is 0 Å². The van der Waals surface area contributed by atoms with Crippen molar-refractivity contribution in [3.05, 3.63) is 114 Å². The molecular weight excluding hydrogens is 382 g/mol. The Morgan fingerprint density at radius 3 is 2.24 bits per heavy atom. The number of halogens is 1. The Morgan fingerprint density at radius 1 is 0.897 bits per heavy atom. The SMILES string of the molecule is O=C(C=CNc1cc(-c2ccccc2)nn1-c1ccccc1)c1ccc(Cl)cc1. The Balaban J connectivity index is 1.61. The average molecular weight is 400 g/mol. The molecule has 0 saturated carbocycles. The van der Waals surface area contributed by atoms with Crippen LogP contribution in [0.3, 0.4) is 0 Å². The van der Waals surface area contributed by atoms with Gasteiger partial charge in [0.2, 0.25) is 0 Å². The van der Waals surface area contributed by atoms with Gasteiger partial charge in [-0.05, 0) is 36.4 Å². The minimum atomic E-state index is -0.108. The lowest BCUT2D eigenvalue weighted by atomic mass is 10.1. The number of carbonyl (C=O) groups excluding carboxylic acids is 1. The lowest BCUT2D eigenvalue weighted by Gasteiger charge is -2.06. The standard InChI is InChI=1S/C24H18ClN3O/c25-20-13-11-19(12-14-20)23(29)15-16-26-24-17-22(18-7-3-1-4-8-18)27-28(24)21-9-5-2-6-10-21/h1-17,26H. The Hall–Kier alpha value is -3.63. The Kier molecular flexibility index (Phi) is 5.54. The van der Waals surface area contributed by atoms with Crippen LogP contribution in [0.1, 0.15) is 10.4 Å². The van der Waals surface area contributed by atoms with Crippen LogP contribution in [-0.4, -0.2) is 15.6 Å². The largest absolute Gasteiger partial charge is 0.346 e. The van der Waals surface area contributed by atoms with E-state index in [0.29, 0.717) is 10.6 Å². The molecule has 4 rings (SSSR count). The second-order valence-electron chi connectivity index (χ2n) is 6.38. The van der Waals surface area contributed by atoms with E-state index in [2.05, 4.69) is 5.32 Å². The second kappa shape index (κ2) is 8.59. The number of para-hydroxylation sites is 1. The Morgan fingerprint density at radius 2 is 1.55 bits per heavy atom. The summed E-state index contributed by atoms with van der Waals surface area (Å²) in [6.07, 6.45) is 3.12. The molecule has 1 aromatic heterocycles. The highest BCUT2D eigenvalue weighted by molar-refractivity contribution is 6.30. The van der Waals surface area contributed by atoms with Gasteiger partial charge < -0.3 is 5.32 Å². The number of nitrogens with one attached hydrogen (secondary N) is 1. The van der Waals surface area contributed by atoms with Crippen LogP contribution < -0.4 is 5.32 Å². The minimum Gasteiger partial charge on any atom is -0.346 e. The van der Waals surface area contributed by atoms with Crippen molar-refractivity contribution in [3.63, 3.8) is 0 Å². The number of nitrogens with zero attached hydrogens (tertiary/aromatic N) is 2. The number of aromatic nitrogens is 2. The molecule has 5 heteroatoms. The number of benzene rings is 3. The Bertz CT molecular complexity index is 1130. The molecule has 0 unspecified atom stereocenters. The van der Waals surface area contributed by atoms with Gasteiger partial charge in [0.05, 0.1) is 11.4 Å². The van der Waals surface area contributed by atoms with Gasteiger partial charge >= 0.3 is 0 Å². The van der Waals surface area contributed by atoms with Gasteiger partial charge in [0.1, 0.15) is 5.82 Å². The Labute approximate surface area is 174 Å². The maximum absolute atomic E-state index is 12.3. The molecule has 1 heterocycles. The van der Waals surface area contributed by atoms with Crippen molar-refractivity contribution in [1.82, 2.24) is 9.78 Å². The van der Waals surface area contributed by atoms with Crippen molar-refractivity contribution in [2.24, 2.45) is 0 Å². The van der Waals surface area contributed by atoms with Crippen molar-refractivity contribution in [2.75, 3.05) is 5.32 Å².